The van der Waals surface area contributed by atoms with E-state index < -0.39 is 6.10 Å². The van der Waals surface area contributed by atoms with Crippen LogP contribution in [-0.2, 0) is 21.4 Å². The number of hydrogen-bond donors (Lipinski definition) is 2. The first-order valence-electron chi connectivity index (χ1n) is 12.6. The van der Waals surface area contributed by atoms with Crippen LogP contribution < -0.4 is 4.74 Å². The normalized spacial score (nSPS) is 13.1. The second-order valence-corrected chi connectivity index (χ2v) is 10.6. The molecule has 0 spiro atoms. The molecule has 5 nitrogen and oxygen atoms in total. The second kappa shape index (κ2) is 10.9. The molecule has 1 unspecified atom stereocenters. The molecule has 1 atom stereocenters. The first-order chi connectivity index (χ1) is 16.6. The predicted molar refractivity (Wildman–Crippen MR) is 142 cm³/mol. The van der Waals surface area contributed by atoms with Gasteiger partial charge in [-0.3, -0.25) is 4.79 Å². The Morgan fingerprint density at radius 3 is 2.40 bits per heavy atom. The Balaban J connectivity index is 1.91. The number of aromatic amines is 1. The van der Waals surface area contributed by atoms with Crippen molar-refractivity contribution in [1.82, 2.24) is 4.98 Å². The lowest BCUT2D eigenvalue weighted by molar-refractivity contribution is -0.140. The molecule has 3 aromatic rings. The number of esters is 1. The fourth-order valence-corrected chi connectivity index (χ4v) is 4.80. The van der Waals surface area contributed by atoms with Crippen molar-refractivity contribution in [2.24, 2.45) is 5.41 Å². The van der Waals surface area contributed by atoms with E-state index in [1.165, 1.54) is 23.6 Å². The molecule has 0 amide bonds. The molecule has 0 saturated carbocycles. The average Bonchev–Trinajstić information content (AvgIpc) is 3.26. The summed E-state index contributed by atoms with van der Waals surface area (Å²) >= 11 is 0. The third kappa shape index (κ3) is 5.72. The minimum atomic E-state index is -0.532. The molecule has 2 N–H and O–H groups in total. The zero-order chi connectivity index (χ0) is 25.8. The van der Waals surface area contributed by atoms with E-state index in [2.05, 4.69) is 62.3 Å². The molecule has 0 aliphatic rings. The topological polar surface area (TPSA) is 71.5 Å². The number of benzene rings is 2. The van der Waals surface area contributed by atoms with Crippen molar-refractivity contribution in [2.75, 3.05) is 13.7 Å². The van der Waals surface area contributed by atoms with Crippen molar-refractivity contribution in [3.05, 3.63) is 64.8 Å². The maximum absolute atomic E-state index is 11.5. The van der Waals surface area contributed by atoms with Crippen LogP contribution in [-0.4, -0.2) is 35.9 Å². The number of methoxy groups -OCH3 is 1. The summed E-state index contributed by atoms with van der Waals surface area (Å²) in [7, 11) is 1.42. The van der Waals surface area contributed by atoms with Crippen LogP contribution in [0.3, 0.4) is 0 Å². The monoisotopic (exact) mass is 479 g/mol. The fraction of sp³-hybridized carbons (Fsp3) is 0.500. The van der Waals surface area contributed by atoms with E-state index in [1.54, 1.807) is 0 Å². The maximum atomic E-state index is 11.5. The summed E-state index contributed by atoms with van der Waals surface area (Å²) in [4.78, 5) is 15.0. The number of nitrogens with one attached hydrogen (secondary N) is 1. The molecule has 0 aliphatic heterocycles. The molecule has 0 radical (unpaired) electrons. The van der Waals surface area contributed by atoms with E-state index in [4.69, 9.17) is 9.47 Å². The van der Waals surface area contributed by atoms with Crippen molar-refractivity contribution in [3.8, 4) is 5.75 Å². The van der Waals surface area contributed by atoms with E-state index in [0.29, 0.717) is 12.8 Å². The number of ether oxygens (including phenoxy) is 2. The van der Waals surface area contributed by atoms with Gasteiger partial charge in [0.2, 0.25) is 0 Å². The minimum absolute atomic E-state index is 0.139. The Hall–Kier alpha value is -2.79. The number of carbonyl (C=O) groups excluding carboxylic acids is 1. The van der Waals surface area contributed by atoms with Gasteiger partial charge in [0.15, 0.2) is 0 Å². The highest BCUT2D eigenvalue weighted by Crippen LogP contribution is 2.43. The molecular formula is C30H41NO4. The summed E-state index contributed by atoms with van der Waals surface area (Å²) in [5.41, 5.74) is 5.46. The molecule has 35 heavy (non-hydrogen) atoms. The van der Waals surface area contributed by atoms with E-state index in [0.717, 1.165) is 35.2 Å². The van der Waals surface area contributed by atoms with Gasteiger partial charge in [-0.05, 0) is 66.0 Å². The van der Waals surface area contributed by atoms with Crippen LogP contribution in [0.15, 0.2) is 42.6 Å². The van der Waals surface area contributed by atoms with Gasteiger partial charge in [0.1, 0.15) is 12.4 Å². The van der Waals surface area contributed by atoms with Crippen molar-refractivity contribution < 1.29 is 19.4 Å². The Kier molecular flexibility index (Phi) is 8.32. The first-order valence-corrected chi connectivity index (χ1v) is 12.6. The number of hydrogen-bond acceptors (Lipinski definition) is 4. The lowest BCUT2D eigenvalue weighted by Gasteiger charge is -2.33. The third-order valence-corrected chi connectivity index (χ3v) is 7.44. The molecule has 0 aliphatic carbocycles. The van der Waals surface area contributed by atoms with E-state index in [9.17, 15) is 9.90 Å². The number of fused-ring (bicyclic) bond motifs is 1. The van der Waals surface area contributed by atoms with Gasteiger partial charge in [0.05, 0.1) is 13.2 Å². The Bertz CT molecular complexity index is 1150. The van der Waals surface area contributed by atoms with Crippen molar-refractivity contribution in [2.45, 2.75) is 78.7 Å². The molecule has 3 rings (SSSR count). The molecule has 0 fully saturated rings. The van der Waals surface area contributed by atoms with E-state index in [1.807, 2.05) is 26.8 Å². The molecule has 190 valence electrons. The van der Waals surface area contributed by atoms with Gasteiger partial charge >= 0.3 is 5.97 Å². The summed E-state index contributed by atoms with van der Waals surface area (Å²) in [5.74, 6) is 0.622. The lowest BCUT2D eigenvalue weighted by Crippen LogP contribution is -2.32. The molecule has 1 heterocycles. The van der Waals surface area contributed by atoms with Gasteiger partial charge in [-0.1, -0.05) is 58.9 Å². The van der Waals surface area contributed by atoms with Gasteiger partial charge in [0, 0.05) is 28.9 Å². The van der Waals surface area contributed by atoms with Gasteiger partial charge in [0.25, 0.3) is 0 Å². The Labute approximate surface area is 209 Å². The average molecular weight is 480 g/mol. The summed E-state index contributed by atoms with van der Waals surface area (Å²) < 4.78 is 10.8. The van der Waals surface area contributed by atoms with Crippen LogP contribution in [0.5, 0.6) is 5.75 Å². The molecule has 0 bridgehead atoms. The first kappa shape index (κ1) is 26.8. The summed E-state index contributed by atoms with van der Waals surface area (Å²) in [5, 5.41) is 11.6. The smallest absolute Gasteiger partial charge is 0.305 e. The van der Waals surface area contributed by atoms with Gasteiger partial charge in [-0.2, -0.15) is 0 Å². The SMILES string of the molecule is CCC(CC)(c1ccc(OCC(O)C(C)(C)C)c(C)c1)c1c[nH]c2cc(CCC(=O)OC)ccc12. The predicted octanol–water partition coefficient (Wildman–Crippen LogP) is 6.47. The highest BCUT2D eigenvalue weighted by atomic mass is 16.5. The number of aliphatic hydroxyl groups excluding tert-OH is 1. The molecule has 1 aromatic heterocycles. The van der Waals surface area contributed by atoms with E-state index in [-0.39, 0.29) is 23.4 Å². The fourth-order valence-electron chi connectivity index (χ4n) is 4.80. The third-order valence-electron chi connectivity index (χ3n) is 7.44. The quantitative estimate of drug-likeness (QED) is 0.327. The van der Waals surface area contributed by atoms with E-state index >= 15 is 0 Å². The minimum Gasteiger partial charge on any atom is -0.491 e. The van der Waals surface area contributed by atoms with Gasteiger partial charge in [-0.25, -0.2) is 0 Å². The zero-order valence-electron chi connectivity index (χ0n) is 22.3. The van der Waals surface area contributed by atoms with Crippen molar-refractivity contribution in [1.29, 1.82) is 0 Å². The summed E-state index contributed by atoms with van der Waals surface area (Å²) in [6.07, 6.45) is 4.57. The molecular weight excluding hydrogens is 438 g/mol. The van der Waals surface area contributed by atoms with Crippen LogP contribution in [0, 0.1) is 12.3 Å². The second-order valence-electron chi connectivity index (χ2n) is 10.6. The number of aliphatic hydroxyl groups is 1. The van der Waals surface area contributed by atoms with Crippen LogP contribution in [0.4, 0.5) is 0 Å². The zero-order valence-corrected chi connectivity index (χ0v) is 22.3. The number of carbonyl (C=O) groups is 1. The Morgan fingerprint density at radius 2 is 1.80 bits per heavy atom. The number of rotatable bonds is 10. The van der Waals surface area contributed by atoms with Crippen LogP contribution in [0.25, 0.3) is 10.9 Å². The number of H-pyrrole nitrogens is 1. The molecule has 5 heteroatoms. The highest BCUT2D eigenvalue weighted by molar-refractivity contribution is 5.86. The maximum Gasteiger partial charge on any atom is 0.305 e. The Morgan fingerprint density at radius 1 is 1.09 bits per heavy atom. The van der Waals surface area contributed by atoms with Crippen LogP contribution in [0.1, 0.15) is 76.1 Å². The summed E-state index contributed by atoms with van der Waals surface area (Å²) in [6, 6.07) is 12.9. The van der Waals surface area contributed by atoms with Gasteiger partial charge < -0.3 is 19.6 Å². The van der Waals surface area contributed by atoms with Crippen molar-refractivity contribution in [3.63, 3.8) is 0 Å². The summed E-state index contributed by atoms with van der Waals surface area (Å²) in [6.45, 7) is 12.9. The van der Waals surface area contributed by atoms with Crippen LogP contribution in [0.2, 0.25) is 0 Å². The number of aromatic nitrogens is 1. The molecule has 0 saturated heterocycles. The number of aryl methyl sites for hydroxylation is 2. The standard InChI is InChI=1S/C30H41NO4/c1-8-30(9-2,22-12-14-26(20(3)16-22)35-19-27(32)29(4,5)6)24-18-31-25-17-21(10-13-23(24)25)11-15-28(33)34-7/h10,12-14,16-18,27,31-32H,8-9,11,15,19H2,1-7H3. The van der Waals surface area contributed by atoms with Gasteiger partial charge in [-0.15, -0.1) is 0 Å². The van der Waals surface area contributed by atoms with Crippen molar-refractivity contribution >= 4 is 16.9 Å². The highest BCUT2D eigenvalue weighted by Gasteiger charge is 2.33. The lowest BCUT2D eigenvalue weighted by atomic mass is 9.70. The van der Waals surface area contributed by atoms with Crippen LogP contribution >= 0.6 is 0 Å². The molecule has 2 aromatic carbocycles. The largest absolute Gasteiger partial charge is 0.491 e.